The molecule has 0 aromatic heterocycles. The van der Waals surface area contributed by atoms with Gasteiger partial charge in [-0.1, -0.05) is 0 Å². The number of alkyl halides is 2. The highest BCUT2D eigenvalue weighted by Crippen LogP contribution is 2.44. The van der Waals surface area contributed by atoms with E-state index in [-0.39, 0.29) is 10.4 Å². The minimum Gasteiger partial charge on any atom is -0.295 e. The van der Waals surface area contributed by atoms with Crippen LogP contribution in [0.15, 0.2) is 0 Å². The van der Waals surface area contributed by atoms with Crippen molar-refractivity contribution < 1.29 is 0 Å². The van der Waals surface area contributed by atoms with Gasteiger partial charge in [-0.25, -0.2) is 0 Å². The summed E-state index contributed by atoms with van der Waals surface area (Å²) in [6, 6.07) is 0. The number of hydrogen-bond acceptors (Lipinski definition) is 1. The van der Waals surface area contributed by atoms with Gasteiger partial charge in [-0.3, -0.25) is 4.90 Å². The normalized spacial score (nSPS) is 29.7. The van der Waals surface area contributed by atoms with E-state index in [1.807, 2.05) is 0 Å². The zero-order valence-electron chi connectivity index (χ0n) is 6.52. The summed E-state index contributed by atoms with van der Waals surface area (Å²) in [6.45, 7) is 2.41. The number of halogens is 2. The van der Waals surface area contributed by atoms with Crippen LogP contribution in [-0.4, -0.2) is 28.4 Å². The second kappa shape index (κ2) is 2.79. The smallest absolute Gasteiger partial charge is 0.126 e. The SMILES string of the molecule is ClC(Cl)C12CCCN1CCC2. The van der Waals surface area contributed by atoms with Crippen LogP contribution in [0, 0.1) is 0 Å². The quantitative estimate of drug-likeness (QED) is 0.579. The highest BCUT2D eigenvalue weighted by Gasteiger charge is 2.48. The second-order valence-corrected chi connectivity index (χ2v) is 4.69. The Morgan fingerprint density at radius 2 is 1.64 bits per heavy atom. The third-order valence-electron chi connectivity index (χ3n) is 3.11. The average molecular weight is 194 g/mol. The average Bonchev–Trinajstić information content (AvgIpc) is 2.40. The summed E-state index contributed by atoms with van der Waals surface area (Å²) in [5.74, 6) is 0. The van der Waals surface area contributed by atoms with Crippen molar-refractivity contribution in [2.75, 3.05) is 13.1 Å². The number of nitrogens with zero attached hydrogens (tertiary/aromatic N) is 1. The molecule has 0 spiro atoms. The molecule has 0 unspecified atom stereocenters. The van der Waals surface area contributed by atoms with E-state index in [1.54, 1.807) is 0 Å². The molecule has 0 aromatic carbocycles. The summed E-state index contributed by atoms with van der Waals surface area (Å²) < 4.78 is 0. The van der Waals surface area contributed by atoms with E-state index >= 15 is 0 Å². The molecule has 0 aromatic rings. The van der Waals surface area contributed by atoms with Gasteiger partial charge in [0.1, 0.15) is 4.84 Å². The lowest BCUT2D eigenvalue weighted by atomic mass is 9.96. The minimum absolute atomic E-state index is 0.170. The summed E-state index contributed by atoms with van der Waals surface area (Å²) in [5.41, 5.74) is 0.170. The zero-order valence-corrected chi connectivity index (χ0v) is 8.03. The van der Waals surface area contributed by atoms with Crippen molar-refractivity contribution in [1.82, 2.24) is 4.90 Å². The molecule has 0 amide bonds. The molecule has 3 heteroatoms. The Kier molecular flexibility index (Phi) is 2.07. The molecular formula is C8H13Cl2N. The van der Waals surface area contributed by atoms with Crippen LogP contribution in [-0.2, 0) is 0 Å². The molecule has 0 radical (unpaired) electrons. The molecule has 2 aliphatic rings. The molecular weight excluding hydrogens is 181 g/mol. The van der Waals surface area contributed by atoms with E-state index < -0.39 is 0 Å². The molecule has 0 atom stereocenters. The van der Waals surface area contributed by atoms with Gasteiger partial charge in [0.15, 0.2) is 0 Å². The maximum Gasteiger partial charge on any atom is 0.126 e. The van der Waals surface area contributed by atoms with E-state index in [0.29, 0.717) is 0 Å². The van der Waals surface area contributed by atoms with E-state index in [0.717, 1.165) is 0 Å². The lowest BCUT2D eigenvalue weighted by Crippen LogP contribution is -2.43. The lowest BCUT2D eigenvalue weighted by Gasteiger charge is -2.33. The number of fused-ring (bicyclic) bond motifs is 1. The van der Waals surface area contributed by atoms with Crippen LogP contribution in [0.25, 0.3) is 0 Å². The van der Waals surface area contributed by atoms with Crippen LogP contribution in [0.5, 0.6) is 0 Å². The van der Waals surface area contributed by atoms with Crippen molar-refractivity contribution in [3.63, 3.8) is 0 Å². The molecule has 2 fully saturated rings. The topological polar surface area (TPSA) is 3.24 Å². The standard InChI is InChI=1S/C8H13Cl2N/c9-7(10)8-3-1-5-11(8)6-2-4-8/h7H,1-6H2. The van der Waals surface area contributed by atoms with Crippen LogP contribution in [0.3, 0.4) is 0 Å². The predicted molar refractivity (Wildman–Crippen MR) is 48.3 cm³/mol. The summed E-state index contributed by atoms with van der Waals surface area (Å²) in [5, 5.41) is 0. The summed E-state index contributed by atoms with van der Waals surface area (Å²) in [4.78, 5) is 2.28. The third-order valence-corrected chi connectivity index (χ3v) is 3.92. The van der Waals surface area contributed by atoms with E-state index in [9.17, 15) is 0 Å². The molecule has 2 heterocycles. The van der Waals surface area contributed by atoms with Gasteiger partial charge < -0.3 is 0 Å². The molecule has 0 N–H and O–H groups in total. The van der Waals surface area contributed by atoms with Gasteiger partial charge in [0.25, 0.3) is 0 Å². The second-order valence-electron chi connectivity index (χ2n) is 3.60. The van der Waals surface area contributed by atoms with E-state index in [2.05, 4.69) is 4.90 Å². The Bertz CT molecular complexity index is 148. The Morgan fingerprint density at radius 3 is 2.00 bits per heavy atom. The minimum atomic E-state index is -0.188. The van der Waals surface area contributed by atoms with Gasteiger partial charge >= 0.3 is 0 Å². The van der Waals surface area contributed by atoms with Crippen molar-refractivity contribution in [3.05, 3.63) is 0 Å². The van der Waals surface area contributed by atoms with Crippen molar-refractivity contribution >= 4 is 23.2 Å². The first kappa shape index (κ1) is 8.15. The molecule has 2 rings (SSSR count). The maximum atomic E-state index is 6.00. The highest BCUT2D eigenvalue weighted by atomic mass is 35.5. The lowest BCUT2D eigenvalue weighted by molar-refractivity contribution is 0.211. The Morgan fingerprint density at radius 1 is 1.09 bits per heavy atom. The third kappa shape index (κ3) is 1.09. The van der Waals surface area contributed by atoms with Crippen LogP contribution >= 0.6 is 23.2 Å². The fourth-order valence-electron chi connectivity index (χ4n) is 2.51. The maximum absolute atomic E-state index is 6.00. The van der Waals surface area contributed by atoms with Crippen LogP contribution in [0.4, 0.5) is 0 Å². The van der Waals surface area contributed by atoms with Crippen molar-refractivity contribution in [1.29, 1.82) is 0 Å². The molecule has 2 aliphatic heterocycles. The predicted octanol–water partition coefficient (Wildman–Crippen LogP) is 2.42. The summed E-state index contributed by atoms with van der Waals surface area (Å²) in [6.07, 6.45) is 4.95. The van der Waals surface area contributed by atoms with Gasteiger partial charge in [-0.2, -0.15) is 0 Å². The van der Waals surface area contributed by atoms with Gasteiger partial charge in [0.05, 0.1) is 5.54 Å². The first-order valence-electron chi connectivity index (χ1n) is 4.29. The Balaban J connectivity index is 2.20. The van der Waals surface area contributed by atoms with Crippen molar-refractivity contribution in [2.45, 2.75) is 36.1 Å². The van der Waals surface area contributed by atoms with Gasteiger partial charge in [-0.05, 0) is 38.8 Å². The molecule has 0 aliphatic carbocycles. The molecule has 64 valence electrons. The van der Waals surface area contributed by atoms with Crippen molar-refractivity contribution in [2.24, 2.45) is 0 Å². The first-order valence-corrected chi connectivity index (χ1v) is 5.16. The van der Waals surface area contributed by atoms with Crippen LogP contribution in [0.2, 0.25) is 0 Å². The molecule has 1 nitrogen and oxygen atoms in total. The van der Waals surface area contributed by atoms with E-state index in [1.165, 1.54) is 38.8 Å². The fraction of sp³-hybridized carbons (Fsp3) is 1.00. The van der Waals surface area contributed by atoms with Crippen LogP contribution < -0.4 is 0 Å². The highest BCUT2D eigenvalue weighted by molar-refractivity contribution is 6.45. The zero-order chi connectivity index (χ0) is 7.90. The van der Waals surface area contributed by atoms with E-state index in [4.69, 9.17) is 23.2 Å². The number of rotatable bonds is 1. The molecule has 11 heavy (non-hydrogen) atoms. The van der Waals surface area contributed by atoms with Gasteiger partial charge in [0.2, 0.25) is 0 Å². The summed E-state index contributed by atoms with van der Waals surface area (Å²) >= 11 is 12.0. The van der Waals surface area contributed by atoms with Crippen LogP contribution in [0.1, 0.15) is 25.7 Å². The number of hydrogen-bond donors (Lipinski definition) is 0. The van der Waals surface area contributed by atoms with Gasteiger partial charge in [0, 0.05) is 0 Å². The van der Waals surface area contributed by atoms with Crippen molar-refractivity contribution in [3.8, 4) is 0 Å². The molecule has 0 saturated carbocycles. The molecule has 2 saturated heterocycles. The monoisotopic (exact) mass is 193 g/mol. The fourth-order valence-corrected chi connectivity index (χ4v) is 3.22. The summed E-state index contributed by atoms with van der Waals surface area (Å²) in [7, 11) is 0. The van der Waals surface area contributed by atoms with Gasteiger partial charge in [-0.15, -0.1) is 23.2 Å². The first-order chi connectivity index (χ1) is 5.26. The largest absolute Gasteiger partial charge is 0.295 e. The Labute approximate surface area is 77.6 Å². The molecule has 0 bridgehead atoms. The Hall–Kier alpha value is 0.540.